The molecule has 0 fully saturated rings. The molecular weight excluding hydrogens is 318 g/mol. The fraction of sp³-hybridized carbons (Fsp3) is 0.0625. The summed E-state index contributed by atoms with van der Waals surface area (Å²) in [5, 5.41) is 1.21. The molecule has 0 amide bonds. The average Bonchev–Trinajstić information content (AvgIpc) is 2.41. The van der Waals surface area contributed by atoms with E-state index in [4.69, 9.17) is 0 Å². The largest absolute Gasteiger partial charge is 0.253 e. The molecule has 0 atom stereocenters. The molecule has 0 saturated heterocycles. The third-order valence-electron chi connectivity index (χ3n) is 2.85. The Bertz CT molecular complexity index is 722. The fourth-order valence-electron chi connectivity index (χ4n) is 1.98. The van der Waals surface area contributed by atoms with E-state index in [-0.39, 0.29) is 0 Å². The Hall–Kier alpha value is -1.32. The number of aryl methyl sites for hydroxylation is 1. The van der Waals surface area contributed by atoms with Crippen LogP contribution in [-0.2, 0) is 0 Å². The fourth-order valence-corrected chi connectivity index (χ4v) is 3.29. The van der Waals surface area contributed by atoms with Crippen LogP contribution in [0.2, 0.25) is 0 Å². The van der Waals surface area contributed by atoms with Crippen LogP contribution in [0.25, 0.3) is 10.9 Å². The van der Waals surface area contributed by atoms with Gasteiger partial charge in [0.05, 0.1) is 5.52 Å². The van der Waals surface area contributed by atoms with Gasteiger partial charge in [0, 0.05) is 25.3 Å². The first-order chi connectivity index (χ1) is 9.22. The highest BCUT2D eigenvalue weighted by atomic mass is 79.9. The maximum atomic E-state index is 4.57. The summed E-state index contributed by atoms with van der Waals surface area (Å²) in [5.74, 6) is 0. The molecule has 1 nitrogen and oxygen atoms in total. The minimum atomic E-state index is 1.05. The van der Waals surface area contributed by atoms with Crippen LogP contribution in [0.4, 0.5) is 0 Å². The topological polar surface area (TPSA) is 12.9 Å². The third-order valence-corrected chi connectivity index (χ3v) is 4.44. The van der Waals surface area contributed by atoms with E-state index in [0.717, 1.165) is 15.7 Å². The first-order valence-electron chi connectivity index (χ1n) is 6.02. The quantitative estimate of drug-likeness (QED) is 0.619. The summed E-state index contributed by atoms with van der Waals surface area (Å²) in [6.07, 6.45) is 0. The number of hydrogen-bond acceptors (Lipinski definition) is 2. The van der Waals surface area contributed by atoms with Gasteiger partial charge in [0.2, 0.25) is 0 Å². The lowest BCUT2D eigenvalue weighted by molar-refractivity contribution is 1.22. The van der Waals surface area contributed by atoms with Crippen LogP contribution in [0, 0.1) is 6.92 Å². The van der Waals surface area contributed by atoms with Crippen LogP contribution >= 0.6 is 27.7 Å². The van der Waals surface area contributed by atoms with Crippen LogP contribution < -0.4 is 0 Å². The van der Waals surface area contributed by atoms with Crippen molar-refractivity contribution in [2.45, 2.75) is 16.7 Å². The van der Waals surface area contributed by atoms with E-state index in [1.807, 2.05) is 13.0 Å². The maximum absolute atomic E-state index is 4.57. The van der Waals surface area contributed by atoms with Gasteiger partial charge in [-0.3, -0.25) is 4.98 Å². The predicted molar refractivity (Wildman–Crippen MR) is 84.7 cm³/mol. The van der Waals surface area contributed by atoms with Crippen LogP contribution in [-0.4, -0.2) is 4.98 Å². The van der Waals surface area contributed by atoms with Crippen molar-refractivity contribution in [2.75, 3.05) is 0 Å². The Morgan fingerprint density at radius 1 is 1.00 bits per heavy atom. The lowest BCUT2D eigenvalue weighted by atomic mass is 10.2. The van der Waals surface area contributed by atoms with Crippen molar-refractivity contribution in [1.29, 1.82) is 0 Å². The molecule has 3 rings (SSSR count). The summed E-state index contributed by atoms with van der Waals surface area (Å²) in [6, 6.07) is 18.8. The second kappa shape index (κ2) is 5.35. The second-order valence-electron chi connectivity index (χ2n) is 4.33. The zero-order valence-corrected chi connectivity index (χ0v) is 12.8. The molecule has 3 heteroatoms. The van der Waals surface area contributed by atoms with Crippen molar-refractivity contribution in [1.82, 2.24) is 4.98 Å². The molecule has 1 aromatic heterocycles. The average molecular weight is 330 g/mol. The Morgan fingerprint density at radius 3 is 2.53 bits per heavy atom. The van der Waals surface area contributed by atoms with Crippen molar-refractivity contribution in [3.8, 4) is 0 Å². The minimum absolute atomic E-state index is 1.05. The van der Waals surface area contributed by atoms with Gasteiger partial charge >= 0.3 is 0 Å². The molecule has 3 aromatic rings. The number of halogens is 1. The van der Waals surface area contributed by atoms with E-state index < -0.39 is 0 Å². The Balaban J connectivity index is 2.07. The van der Waals surface area contributed by atoms with Gasteiger partial charge in [0.1, 0.15) is 0 Å². The van der Waals surface area contributed by atoms with Crippen molar-refractivity contribution < 1.29 is 0 Å². The maximum Gasteiger partial charge on any atom is 0.0716 e. The first kappa shape index (κ1) is 12.7. The van der Waals surface area contributed by atoms with Crippen molar-refractivity contribution in [2.24, 2.45) is 0 Å². The van der Waals surface area contributed by atoms with Crippen molar-refractivity contribution in [3.63, 3.8) is 0 Å². The van der Waals surface area contributed by atoms with Crippen LogP contribution in [0.1, 0.15) is 5.69 Å². The van der Waals surface area contributed by atoms with E-state index >= 15 is 0 Å². The molecule has 19 heavy (non-hydrogen) atoms. The van der Waals surface area contributed by atoms with Gasteiger partial charge in [0.15, 0.2) is 0 Å². The smallest absolute Gasteiger partial charge is 0.0716 e. The van der Waals surface area contributed by atoms with E-state index in [0.29, 0.717) is 0 Å². The number of hydrogen-bond donors (Lipinski definition) is 0. The molecule has 94 valence electrons. The van der Waals surface area contributed by atoms with Crippen LogP contribution in [0.3, 0.4) is 0 Å². The van der Waals surface area contributed by atoms with E-state index in [1.165, 1.54) is 15.2 Å². The molecule has 0 saturated carbocycles. The van der Waals surface area contributed by atoms with Gasteiger partial charge < -0.3 is 0 Å². The summed E-state index contributed by atoms with van der Waals surface area (Å²) >= 11 is 5.24. The molecule has 1 heterocycles. The summed E-state index contributed by atoms with van der Waals surface area (Å²) in [7, 11) is 0. The van der Waals surface area contributed by atoms with Gasteiger partial charge in [-0.25, -0.2) is 0 Å². The van der Waals surface area contributed by atoms with Crippen LogP contribution in [0.15, 0.2) is 68.9 Å². The number of aromatic nitrogens is 1. The van der Waals surface area contributed by atoms with E-state index in [9.17, 15) is 0 Å². The Labute approximate surface area is 125 Å². The van der Waals surface area contributed by atoms with Gasteiger partial charge in [-0.2, -0.15) is 0 Å². The van der Waals surface area contributed by atoms with Crippen LogP contribution in [0.5, 0.6) is 0 Å². The normalized spacial score (nSPS) is 10.8. The SMILES string of the molecule is Cc1cc(Sc2ccc(Br)cc2)c2ccccc2n1. The summed E-state index contributed by atoms with van der Waals surface area (Å²) in [6.45, 7) is 2.04. The number of nitrogens with zero attached hydrogens (tertiary/aromatic N) is 1. The lowest BCUT2D eigenvalue weighted by Crippen LogP contribution is -1.86. The molecule has 0 aliphatic heterocycles. The molecule has 0 aliphatic carbocycles. The summed E-state index contributed by atoms with van der Waals surface area (Å²) in [5.41, 5.74) is 2.11. The van der Waals surface area contributed by atoms with Crippen molar-refractivity contribution in [3.05, 3.63) is 64.8 Å². The van der Waals surface area contributed by atoms with E-state index in [1.54, 1.807) is 11.8 Å². The lowest BCUT2D eigenvalue weighted by Gasteiger charge is -2.07. The molecule has 2 aromatic carbocycles. The first-order valence-corrected chi connectivity index (χ1v) is 7.63. The number of pyridine rings is 1. The van der Waals surface area contributed by atoms with Gasteiger partial charge in [-0.15, -0.1) is 0 Å². The van der Waals surface area contributed by atoms with E-state index in [2.05, 4.69) is 69.4 Å². The van der Waals surface area contributed by atoms with Gasteiger partial charge in [0.25, 0.3) is 0 Å². The number of para-hydroxylation sites is 1. The predicted octanol–water partition coefficient (Wildman–Crippen LogP) is 5.46. The number of rotatable bonds is 2. The molecule has 0 aliphatic rings. The molecule has 0 bridgehead atoms. The third kappa shape index (κ3) is 2.82. The zero-order valence-electron chi connectivity index (χ0n) is 10.4. The standard InChI is InChI=1S/C16H12BrNS/c1-11-10-16(14-4-2-3-5-15(14)18-11)19-13-8-6-12(17)7-9-13/h2-10H,1H3. The highest BCUT2D eigenvalue weighted by molar-refractivity contribution is 9.10. The molecule has 0 unspecified atom stereocenters. The number of benzene rings is 2. The Kier molecular flexibility index (Phi) is 3.58. The Morgan fingerprint density at radius 2 is 1.74 bits per heavy atom. The van der Waals surface area contributed by atoms with Crippen molar-refractivity contribution >= 4 is 38.6 Å². The molecular formula is C16H12BrNS. The highest BCUT2D eigenvalue weighted by Crippen LogP contribution is 2.33. The molecule has 0 radical (unpaired) electrons. The van der Waals surface area contributed by atoms with Gasteiger partial charge in [-0.1, -0.05) is 45.9 Å². The molecule has 0 N–H and O–H groups in total. The monoisotopic (exact) mass is 329 g/mol. The van der Waals surface area contributed by atoms with Gasteiger partial charge in [-0.05, 0) is 43.3 Å². The second-order valence-corrected chi connectivity index (χ2v) is 6.37. The summed E-state index contributed by atoms with van der Waals surface area (Å²) < 4.78 is 1.10. The molecule has 0 spiro atoms. The zero-order chi connectivity index (χ0) is 13.2. The minimum Gasteiger partial charge on any atom is -0.253 e. The number of fused-ring (bicyclic) bond motifs is 1. The summed E-state index contributed by atoms with van der Waals surface area (Å²) in [4.78, 5) is 7.06. The highest BCUT2D eigenvalue weighted by Gasteiger charge is 2.05.